The fraction of sp³-hybridized carbons (Fsp3) is 0.400. The molecular weight excluding hydrogens is 302 g/mol. The SMILES string of the molecule is CCCCCOc1ccc2cc(C#CC(N)(CO)CO)ccc2c1. The van der Waals surface area contributed by atoms with Gasteiger partial charge in [0.15, 0.2) is 0 Å². The smallest absolute Gasteiger partial charge is 0.125 e. The lowest BCUT2D eigenvalue weighted by Gasteiger charge is -2.16. The summed E-state index contributed by atoms with van der Waals surface area (Å²) in [6.07, 6.45) is 3.43. The Balaban J connectivity index is 2.13. The van der Waals surface area contributed by atoms with Gasteiger partial charge in [-0.1, -0.05) is 43.7 Å². The van der Waals surface area contributed by atoms with Crippen molar-refractivity contribution in [3.63, 3.8) is 0 Å². The Hall–Kier alpha value is -2.06. The summed E-state index contributed by atoms with van der Waals surface area (Å²) in [6.45, 7) is 2.14. The Morgan fingerprint density at radius 1 is 1.04 bits per heavy atom. The fourth-order valence-corrected chi connectivity index (χ4v) is 2.26. The highest BCUT2D eigenvalue weighted by Gasteiger charge is 2.19. The molecule has 4 heteroatoms. The van der Waals surface area contributed by atoms with E-state index in [0.29, 0.717) is 0 Å². The van der Waals surface area contributed by atoms with Crippen LogP contribution in [0.5, 0.6) is 5.75 Å². The third-order valence-electron chi connectivity index (χ3n) is 3.85. The van der Waals surface area contributed by atoms with Crippen molar-refractivity contribution in [2.24, 2.45) is 5.73 Å². The Morgan fingerprint density at radius 3 is 2.46 bits per heavy atom. The quantitative estimate of drug-likeness (QED) is 0.539. The van der Waals surface area contributed by atoms with Crippen molar-refractivity contribution in [2.75, 3.05) is 19.8 Å². The van der Waals surface area contributed by atoms with Gasteiger partial charge in [0, 0.05) is 5.56 Å². The number of aliphatic hydroxyl groups is 2. The zero-order valence-electron chi connectivity index (χ0n) is 14.1. The van der Waals surface area contributed by atoms with E-state index in [1.807, 2.05) is 36.4 Å². The minimum Gasteiger partial charge on any atom is -0.494 e. The van der Waals surface area contributed by atoms with E-state index in [1.54, 1.807) is 0 Å². The van der Waals surface area contributed by atoms with Gasteiger partial charge in [0.05, 0.1) is 19.8 Å². The maximum absolute atomic E-state index is 9.17. The molecule has 0 bridgehead atoms. The van der Waals surface area contributed by atoms with Crippen molar-refractivity contribution in [1.29, 1.82) is 0 Å². The number of nitrogens with two attached hydrogens (primary N) is 1. The van der Waals surface area contributed by atoms with Crippen LogP contribution in [-0.2, 0) is 0 Å². The van der Waals surface area contributed by atoms with Crippen LogP contribution in [0, 0.1) is 11.8 Å². The molecular formula is C20H25NO3. The van der Waals surface area contributed by atoms with E-state index < -0.39 is 5.54 Å². The molecule has 0 aliphatic heterocycles. The van der Waals surface area contributed by atoms with Gasteiger partial charge in [-0.25, -0.2) is 0 Å². The van der Waals surface area contributed by atoms with Crippen LogP contribution < -0.4 is 10.5 Å². The van der Waals surface area contributed by atoms with E-state index in [9.17, 15) is 0 Å². The van der Waals surface area contributed by atoms with Crippen molar-refractivity contribution in [3.8, 4) is 17.6 Å². The summed E-state index contributed by atoms with van der Waals surface area (Å²) < 4.78 is 5.77. The average Bonchev–Trinajstić information content (AvgIpc) is 2.63. The number of hydrogen-bond donors (Lipinski definition) is 3. The predicted octanol–water partition coefficient (Wildman–Crippen LogP) is 2.44. The Kier molecular flexibility index (Phi) is 6.62. The Bertz CT molecular complexity index is 726. The number of fused-ring (bicyclic) bond motifs is 1. The summed E-state index contributed by atoms with van der Waals surface area (Å²) in [7, 11) is 0. The molecule has 0 aliphatic rings. The van der Waals surface area contributed by atoms with Gasteiger partial charge in [0.1, 0.15) is 11.3 Å². The first-order chi connectivity index (χ1) is 11.6. The maximum atomic E-state index is 9.17. The molecule has 0 saturated carbocycles. The third-order valence-corrected chi connectivity index (χ3v) is 3.85. The number of rotatable bonds is 7. The lowest BCUT2D eigenvalue weighted by Crippen LogP contribution is -2.45. The van der Waals surface area contributed by atoms with Crippen LogP contribution in [0.1, 0.15) is 31.7 Å². The normalized spacial score (nSPS) is 11.2. The summed E-state index contributed by atoms with van der Waals surface area (Å²) >= 11 is 0. The summed E-state index contributed by atoms with van der Waals surface area (Å²) in [5, 5.41) is 20.5. The van der Waals surface area contributed by atoms with Gasteiger partial charge in [-0.05, 0) is 41.5 Å². The first-order valence-electron chi connectivity index (χ1n) is 8.30. The van der Waals surface area contributed by atoms with Gasteiger partial charge >= 0.3 is 0 Å². The van der Waals surface area contributed by atoms with Crippen molar-refractivity contribution in [2.45, 2.75) is 31.7 Å². The molecule has 0 amide bonds. The van der Waals surface area contributed by atoms with Crippen molar-refractivity contribution in [3.05, 3.63) is 42.0 Å². The molecule has 128 valence electrons. The highest BCUT2D eigenvalue weighted by atomic mass is 16.5. The molecule has 4 N–H and O–H groups in total. The van der Waals surface area contributed by atoms with Crippen LogP contribution >= 0.6 is 0 Å². The van der Waals surface area contributed by atoms with Gasteiger partial charge in [0.25, 0.3) is 0 Å². The van der Waals surface area contributed by atoms with Crippen LogP contribution in [-0.4, -0.2) is 35.6 Å². The number of ether oxygens (including phenoxy) is 1. The molecule has 0 unspecified atom stereocenters. The molecule has 2 rings (SSSR count). The van der Waals surface area contributed by atoms with Crippen molar-refractivity contribution < 1.29 is 14.9 Å². The topological polar surface area (TPSA) is 75.7 Å². The second kappa shape index (κ2) is 8.70. The highest BCUT2D eigenvalue weighted by molar-refractivity contribution is 5.85. The van der Waals surface area contributed by atoms with E-state index in [4.69, 9.17) is 20.7 Å². The lowest BCUT2D eigenvalue weighted by molar-refractivity contribution is 0.158. The average molecular weight is 327 g/mol. The molecule has 4 nitrogen and oxygen atoms in total. The molecule has 2 aromatic rings. The van der Waals surface area contributed by atoms with E-state index >= 15 is 0 Å². The largest absolute Gasteiger partial charge is 0.494 e. The summed E-state index contributed by atoms with van der Waals surface area (Å²) in [6, 6.07) is 11.8. The van der Waals surface area contributed by atoms with Gasteiger partial charge in [0.2, 0.25) is 0 Å². The van der Waals surface area contributed by atoms with Crippen molar-refractivity contribution in [1.82, 2.24) is 0 Å². The monoisotopic (exact) mass is 327 g/mol. The van der Waals surface area contributed by atoms with E-state index in [1.165, 1.54) is 12.8 Å². The second-order valence-corrected chi connectivity index (χ2v) is 6.00. The maximum Gasteiger partial charge on any atom is 0.125 e. The van der Waals surface area contributed by atoms with Crippen LogP contribution in [0.15, 0.2) is 36.4 Å². The van der Waals surface area contributed by atoms with Crippen LogP contribution in [0.3, 0.4) is 0 Å². The summed E-state index contributed by atoms with van der Waals surface area (Å²) in [4.78, 5) is 0. The van der Waals surface area contributed by atoms with Gasteiger partial charge in [-0.15, -0.1) is 0 Å². The molecule has 0 aliphatic carbocycles. The predicted molar refractivity (Wildman–Crippen MR) is 96.9 cm³/mol. The van der Waals surface area contributed by atoms with E-state index in [-0.39, 0.29) is 13.2 Å². The zero-order valence-corrected chi connectivity index (χ0v) is 14.1. The first kappa shape index (κ1) is 18.3. The minimum absolute atomic E-state index is 0.386. The van der Waals surface area contributed by atoms with Crippen LogP contribution in [0.2, 0.25) is 0 Å². The molecule has 2 aromatic carbocycles. The van der Waals surface area contributed by atoms with Gasteiger partial charge < -0.3 is 20.7 Å². The van der Waals surface area contributed by atoms with Crippen molar-refractivity contribution >= 4 is 10.8 Å². The molecule has 0 fully saturated rings. The summed E-state index contributed by atoms with van der Waals surface area (Å²) in [5.41, 5.74) is 5.27. The van der Waals surface area contributed by atoms with Crippen LogP contribution in [0.4, 0.5) is 0 Å². The molecule has 24 heavy (non-hydrogen) atoms. The van der Waals surface area contributed by atoms with Gasteiger partial charge in [-0.2, -0.15) is 0 Å². The van der Waals surface area contributed by atoms with Crippen LogP contribution in [0.25, 0.3) is 10.8 Å². The third kappa shape index (κ3) is 4.97. The molecule has 0 spiro atoms. The number of benzene rings is 2. The van der Waals surface area contributed by atoms with E-state index in [2.05, 4.69) is 18.8 Å². The highest BCUT2D eigenvalue weighted by Crippen LogP contribution is 2.22. The Morgan fingerprint density at radius 2 is 1.75 bits per heavy atom. The molecule has 0 atom stereocenters. The lowest BCUT2D eigenvalue weighted by atomic mass is 10.0. The standard InChI is InChI=1S/C20H25NO3/c1-2-3-4-11-24-19-8-7-17-12-16(5-6-18(17)13-19)9-10-20(21,14-22)15-23/h5-8,12-13,22-23H,2-4,11,14-15,21H2,1H3. The summed E-state index contributed by atoms with van der Waals surface area (Å²) in [5.74, 6) is 6.52. The first-order valence-corrected chi connectivity index (χ1v) is 8.30. The fourth-order valence-electron chi connectivity index (χ4n) is 2.26. The minimum atomic E-state index is -1.27. The molecule has 0 radical (unpaired) electrons. The van der Waals surface area contributed by atoms with Gasteiger partial charge in [-0.3, -0.25) is 0 Å². The zero-order chi connectivity index (χ0) is 17.4. The molecule has 0 heterocycles. The molecule has 0 aromatic heterocycles. The molecule has 0 saturated heterocycles. The Labute approximate surface area is 143 Å². The second-order valence-electron chi connectivity index (χ2n) is 6.00. The number of hydrogen-bond acceptors (Lipinski definition) is 4. The van der Waals surface area contributed by atoms with E-state index in [0.717, 1.165) is 35.1 Å². The number of aliphatic hydroxyl groups excluding tert-OH is 2. The number of unbranched alkanes of at least 4 members (excludes halogenated alkanes) is 2.